The summed E-state index contributed by atoms with van der Waals surface area (Å²) in [4.78, 5) is 38.3. The van der Waals surface area contributed by atoms with Crippen molar-refractivity contribution in [2.75, 3.05) is 13.2 Å². The number of ether oxygens (including phenoxy) is 3. The molecule has 6 heteroatoms. The lowest BCUT2D eigenvalue weighted by Crippen LogP contribution is -2.30. The zero-order valence-corrected chi connectivity index (χ0v) is 54.0. The van der Waals surface area contributed by atoms with Crippen molar-refractivity contribution in [3.05, 3.63) is 109 Å². The molecule has 0 aliphatic heterocycles. The molecule has 1 unspecified atom stereocenters. The van der Waals surface area contributed by atoms with Crippen LogP contribution in [0.3, 0.4) is 0 Å². The first-order valence-electron chi connectivity index (χ1n) is 34.9. The SMILES string of the molecule is CC/C=C\C/C=C\C/C=C\C/C=C\C/C=C\C/C=C\C/C=C\C/C=C\CCCCCCCCCCC(=O)OCC(COC(=O)CCCCCCC/C=C\CCC)OC(=O)CCCCCCCCCCCCCCCCCCCCCCC. The number of hydrogen-bond acceptors (Lipinski definition) is 6. The van der Waals surface area contributed by atoms with Crippen molar-refractivity contribution in [2.45, 2.75) is 341 Å². The summed E-state index contributed by atoms with van der Waals surface area (Å²) in [5.74, 6) is -0.887. The number of hydrogen-bond donors (Lipinski definition) is 0. The lowest BCUT2D eigenvalue weighted by atomic mass is 10.0. The molecule has 0 fully saturated rings. The van der Waals surface area contributed by atoms with Crippen LogP contribution in [-0.2, 0) is 28.6 Å². The molecule has 470 valence electrons. The molecule has 0 saturated heterocycles. The van der Waals surface area contributed by atoms with Crippen molar-refractivity contribution in [3.8, 4) is 0 Å². The number of unbranched alkanes of at least 4 members (excludes halogenated alkanes) is 34. The summed E-state index contributed by atoms with van der Waals surface area (Å²) in [6.45, 7) is 6.49. The predicted molar refractivity (Wildman–Crippen MR) is 357 cm³/mol. The molecule has 0 spiro atoms. The summed E-state index contributed by atoms with van der Waals surface area (Å²) in [7, 11) is 0. The Morgan fingerprint density at radius 3 is 0.805 bits per heavy atom. The highest BCUT2D eigenvalue weighted by Crippen LogP contribution is 2.17. The van der Waals surface area contributed by atoms with Gasteiger partial charge in [0.1, 0.15) is 13.2 Å². The van der Waals surface area contributed by atoms with Gasteiger partial charge in [0.2, 0.25) is 0 Å². The average Bonchev–Trinajstić information content (AvgIpc) is 3.48. The van der Waals surface area contributed by atoms with Crippen molar-refractivity contribution >= 4 is 17.9 Å². The minimum absolute atomic E-state index is 0.0821. The topological polar surface area (TPSA) is 78.9 Å². The minimum Gasteiger partial charge on any atom is -0.462 e. The van der Waals surface area contributed by atoms with E-state index in [1.807, 2.05) is 0 Å². The smallest absolute Gasteiger partial charge is 0.306 e. The van der Waals surface area contributed by atoms with Crippen molar-refractivity contribution in [1.82, 2.24) is 0 Å². The van der Waals surface area contributed by atoms with Crippen molar-refractivity contribution in [2.24, 2.45) is 0 Å². The number of esters is 3. The number of carbonyl (C=O) groups is 3. The lowest BCUT2D eigenvalue weighted by molar-refractivity contribution is -0.167. The summed E-state index contributed by atoms with van der Waals surface area (Å²) in [5, 5.41) is 0. The Morgan fingerprint density at radius 1 is 0.256 bits per heavy atom. The molecule has 0 aromatic carbocycles. The molecular formula is C76H130O6. The van der Waals surface area contributed by atoms with Crippen LogP contribution in [0.15, 0.2) is 109 Å². The van der Waals surface area contributed by atoms with Gasteiger partial charge in [-0.1, -0.05) is 323 Å². The summed E-state index contributed by atoms with van der Waals surface area (Å²) < 4.78 is 16.9. The Kier molecular flexibility index (Phi) is 66.2. The normalized spacial score (nSPS) is 12.8. The Bertz CT molecular complexity index is 1640. The first-order chi connectivity index (χ1) is 40.5. The second-order valence-electron chi connectivity index (χ2n) is 23.1. The maximum Gasteiger partial charge on any atom is 0.306 e. The third kappa shape index (κ3) is 66.9. The van der Waals surface area contributed by atoms with Crippen LogP contribution < -0.4 is 0 Å². The first-order valence-corrected chi connectivity index (χ1v) is 34.9. The highest BCUT2D eigenvalue weighted by atomic mass is 16.6. The van der Waals surface area contributed by atoms with Crippen LogP contribution >= 0.6 is 0 Å². The van der Waals surface area contributed by atoms with Gasteiger partial charge in [-0.2, -0.15) is 0 Å². The summed E-state index contributed by atoms with van der Waals surface area (Å²) in [6.07, 6.45) is 95.5. The quantitative estimate of drug-likeness (QED) is 0.0261. The predicted octanol–water partition coefficient (Wildman–Crippen LogP) is 24.2. The molecule has 0 N–H and O–H groups in total. The minimum atomic E-state index is -0.784. The molecule has 0 aliphatic rings. The second-order valence-corrected chi connectivity index (χ2v) is 23.1. The van der Waals surface area contributed by atoms with Gasteiger partial charge in [0.05, 0.1) is 0 Å². The van der Waals surface area contributed by atoms with Crippen molar-refractivity contribution in [1.29, 1.82) is 0 Å². The monoisotopic (exact) mass is 1140 g/mol. The maximum atomic E-state index is 12.9. The molecule has 0 heterocycles. The standard InChI is InChI=1S/C76H130O6/c1-4-7-10-13-16-19-22-24-26-28-30-32-33-34-35-36-37-38-39-40-41-42-43-45-46-48-50-52-54-57-60-63-66-69-75(78)81-72-73(71-80-74(77)68-65-62-59-56-21-18-15-12-9-6-3)82-76(79)70-67-64-61-58-55-53-51-49-47-44-31-29-27-25-23-20-17-14-11-8-5-2/h7,10,12,15-16,19,24,26,30,32,34-35,37-38,40-41,43,45,73H,4-6,8-9,11,13-14,17-18,20-23,25,27-29,31,33,36,39,42,44,46-72H2,1-3H3/b10-7-,15-12-,19-16-,26-24-,32-30-,35-34-,38-37-,41-40-,45-43-. The van der Waals surface area contributed by atoms with Gasteiger partial charge in [-0.25, -0.2) is 0 Å². The highest BCUT2D eigenvalue weighted by molar-refractivity contribution is 5.71. The van der Waals surface area contributed by atoms with E-state index < -0.39 is 6.10 Å². The molecular weight excluding hydrogens is 1010 g/mol. The number of carbonyl (C=O) groups excluding carboxylic acids is 3. The van der Waals surface area contributed by atoms with Crippen molar-refractivity contribution in [3.63, 3.8) is 0 Å². The molecule has 0 rings (SSSR count). The average molecular weight is 1140 g/mol. The van der Waals surface area contributed by atoms with Crippen LogP contribution in [0.4, 0.5) is 0 Å². The van der Waals surface area contributed by atoms with E-state index in [1.165, 1.54) is 167 Å². The Labute approximate surface area is 508 Å². The lowest BCUT2D eigenvalue weighted by Gasteiger charge is -2.18. The fraction of sp³-hybridized carbons (Fsp3) is 0.724. The van der Waals surface area contributed by atoms with Crippen molar-refractivity contribution < 1.29 is 28.6 Å². The van der Waals surface area contributed by atoms with Gasteiger partial charge in [0.15, 0.2) is 6.10 Å². The highest BCUT2D eigenvalue weighted by Gasteiger charge is 2.19. The Hall–Kier alpha value is -3.93. The van der Waals surface area contributed by atoms with E-state index in [1.54, 1.807) is 0 Å². The van der Waals surface area contributed by atoms with Gasteiger partial charge in [-0.05, 0) is 103 Å². The van der Waals surface area contributed by atoms with Crippen LogP contribution in [0.1, 0.15) is 335 Å². The molecule has 6 nitrogen and oxygen atoms in total. The van der Waals surface area contributed by atoms with E-state index in [-0.39, 0.29) is 31.1 Å². The largest absolute Gasteiger partial charge is 0.462 e. The molecule has 0 saturated carbocycles. The van der Waals surface area contributed by atoms with E-state index in [0.29, 0.717) is 19.3 Å². The van der Waals surface area contributed by atoms with Gasteiger partial charge in [-0.15, -0.1) is 0 Å². The Morgan fingerprint density at radius 2 is 0.500 bits per heavy atom. The van der Waals surface area contributed by atoms with Gasteiger partial charge in [-0.3, -0.25) is 14.4 Å². The van der Waals surface area contributed by atoms with E-state index in [0.717, 1.165) is 128 Å². The summed E-state index contributed by atoms with van der Waals surface area (Å²) in [5.41, 5.74) is 0. The van der Waals surface area contributed by atoms with Crippen LogP contribution in [0.5, 0.6) is 0 Å². The first kappa shape index (κ1) is 78.1. The molecule has 82 heavy (non-hydrogen) atoms. The van der Waals surface area contributed by atoms with Gasteiger partial charge >= 0.3 is 17.9 Å². The molecule has 0 radical (unpaired) electrons. The fourth-order valence-corrected chi connectivity index (χ4v) is 9.82. The molecule has 0 aliphatic carbocycles. The van der Waals surface area contributed by atoms with E-state index in [4.69, 9.17) is 14.2 Å². The number of rotatable bonds is 63. The summed E-state index contributed by atoms with van der Waals surface area (Å²) >= 11 is 0. The molecule has 1 atom stereocenters. The second kappa shape index (κ2) is 69.6. The molecule has 0 aromatic heterocycles. The van der Waals surface area contributed by atoms with E-state index in [2.05, 4.69) is 130 Å². The third-order valence-corrected chi connectivity index (χ3v) is 15.0. The van der Waals surface area contributed by atoms with Crippen LogP contribution in [0.25, 0.3) is 0 Å². The molecule has 0 bridgehead atoms. The molecule has 0 amide bonds. The molecule has 0 aromatic rings. The zero-order chi connectivity index (χ0) is 59.2. The van der Waals surface area contributed by atoms with Crippen LogP contribution in [0, 0.1) is 0 Å². The van der Waals surface area contributed by atoms with Gasteiger partial charge in [0.25, 0.3) is 0 Å². The Balaban J connectivity index is 4.21. The van der Waals surface area contributed by atoms with E-state index in [9.17, 15) is 14.4 Å². The number of allylic oxidation sites excluding steroid dienone is 18. The van der Waals surface area contributed by atoms with Gasteiger partial charge < -0.3 is 14.2 Å². The van der Waals surface area contributed by atoms with Crippen LogP contribution in [-0.4, -0.2) is 37.2 Å². The third-order valence-electron chi connectivity index (χ3n) is 15.0. The van der Waals surface area contributed by atoms with Gasteiger partial charge in [0, 0.05) is 19.3 Å². The van der Waals surface area contributed by atoms with E-state index >= 15 is 0 Å². The zero-order valence-electron chi connectivity index (χ0n) is 54.0. The van der Waals surface area contributed by atoms with Crippen LogP contribution in [0.2, 0.25) is 0 Å². The maximum absolute atomic E-state index is 12.9. The fourth-order valence-electron chi connectivity index (χ4n) is 9.82. The summed E-state index contributed by atoms with van der Waals surface area (Å²) in [6, 6.07) is 0.